The van der Waals surface area contributed by atoms with E-state index in [1.807, 2.05) is 24.7 Å². The van der Waals surface area contributed by atoms with Gasteiger partial charge >= 0.3 is 0 Å². The van der Waals surface area contributed by atoms with Gasteiger partial charge in [0, 0.05) is 38.4 Å². The molecule has 3 aromatic rings. The van der Waals surface area contributed by atoms with Gasteiger partial charge in [0.2, 0.25) is 0 Å². The molecule has 6 nitrogen and oxygen atoms in total. The SMILES string of the molecule is Cc1cccnc1Nc1cc(C2CCCN(Cc3nccn3C)C2)ccn1. The molecule has 1 aliphatic rings. The molecule has 6 heteroatoms. The van der Waals surface area contributed by atoms with Crippen molar-refractivity contribution in [1.29, 1.82) is 0 Å². The number of piperidine rings is 1. The molecule has 0 amide bonds. The molecule has 1 aliphatic heterocycles. The Morgan fingerprint density at radius 3 is 2.89 bits per heavy atom. The molecule has 1 saturated heterocycles. The number of pyridine rings is 2. The molecule has 1 fully saturated rings. The van der Waals surface area contributed by atoms with Crippen molar-refractivity contribution in [1.82, 2.24) is 24.4 Å². The lowest BCUT2D eigenvalue weighted by Crippen LogP contribution is -2.34. The van der Waals surface area contributed by atoms with E-state index in [1.54, 1.807) is 6.20 Å². The molecule has 0 bridgehead atoms. The molecular weight excluding hydrogens is 336 g/mol. The third-order valence-corrected chi connectivity index (χ3v) is 5.30. The Labute approximate surface area is 160 Å². The van der Waals surface area contributed by atoms with Crippen LogP contribution in [0.3, 0.4) is 0 Å². The van der Waals surface area contributed by atoms with Crippen molar-refractivity contribution in [2.75, 3.05) is 18.4 Å². The number of aryl methyl sites for hydroxylation is 2. The fourth-order valence-electron chi connectivity index (χ4n) is 3.73. The van der Waals surface area contributed by atoms with Crippen LogP contribution >= 0.6 is 0 Å². The van der Waals surface area contributed by atoms with Crippen molar-refractivity contribution in [2.45, 2.75) is 32.2 Å². The number of nitrogens with one attached hydrogen (secondary N) is 1. The summed E-state index contributed by atoms with van der Waals surface area (Å²) >= 11 is 0. The first-order valence-electron chi connectivity index (χ1n) is 9.52. The summed E-state index contributed by atoms with van der Waals surface area (Å²) in [5.74, 6) is 3.36. The molecule has 1 atom stereocenters. The van der Waals surface area contributed by atoms with Crippen LogP contribution in [0.1, 0.15) is 35.7 Å². The van der Waals surface area contributed by atoms with Crippen LogP contribution in [-0.4, -0.2) is 37.5 Å². The lowest BCUT2D eigenvalue weighted by atomic mass is 9.91. The fraction of sp³-hybridized carbons (Fsp3) is 0.381. The topological polar surface area (TPSA) is 58.9 Å². The first kappa shape index (κ1) is 17.7. The van der Waals surface area contributed by atoms with Gasteiger partial charge in [-0.25, -0.2) is 15.0 Å². The van der Waals surface area contributed by atoms with E-state index in [4.69, 9.17) is 0 Å². The summed E-state index contributed by atoms with van der Waals surface area (Å²) in [7, 11) is 2.06. The highest BCUT2D eigenvalue weighted by atomic mass is 15.2. The lowest BCUT2D eigenvalue weighted by Gasteiger charge is -2.32. The molecule has 27 heavy (non-hydrogen) atoms. The maximum Gasteiger partial charge on any atom is 0.134 e. The van der Waals surface area contributed by atoms with E-state index < -0.39 is 0 Å². The lowest BCUT2D eigenvalue weighted by molar-refractivity contribution is 0.194. The van der Waals surface area contributed by atoms with Crippen molar-refractivity contribution in [3.8, 4) is 0 Å². The minimum absolute atomic E-state index is 0.521. The molecule has 0 saturated carbocycles. The van der Waals surface area contributed by atoms with Gasteiger partial charge < -0.3 is 9.88 Å². The van der Waals surface area contributed by atoms with Gasteiger partial charge in [-0.15, -0.1) is 0 Å². The number of likely N-dealkylation sites (tertiary alicyclic amines) is 1. The summed E-state index contributed by atoms with van der Waals surface area (Å²) in [6.45, 7) is 5.14. The molecule has 1 N–H and O–H groups in total. The summed E-state index contributed by atoms with van der Waals surface area (Å²) in [6, 6.07) is 8.31. The molecule has 0 spiro atoms. The Balaban J connectivity index is 1.46. The minimum Gasteiger partial charge on any atom is -0.337 e. The molecule has 3 aromatic heterocycles. The van der Waals surface area contributed by atoms with Crippen molar-refractivity contribution < 1.29 is 0 Å². The number of rotatable bonds is 5. The zero-order valence-electron chi connectivity index (χ0n) is 16.0. The number of aromatic nitrogens is 4. The Bertz CT molecular complexity index is 903. The molecular formula is C21H26N6. The number of imidazole rings is 1. The van der Waals surface area contributed by atoms with Gasteiger partial charge in [-0.3, -0.25) is 4.90 Å². The summed E-state index contributed by atoms with van der Waals surface area (Å²) in [4.78, 5) is 15.9. The predicted molar refractivity (Wildman–Crippen MR) is 107 cm³/mol. The molecule has 4 rings (SSSR count). The highest BCUT2D eigenvalue weighted by molar-refractivity contribution is 5.56. The fourth-order valence-corrected chi connectivity index (χ4v) is 3.73. The second kappa shape index (κ2) is 7.88. The zero-order chi connectivity index (χ0) is 18.6. The van der Waals surface area contributed by atoms with Crippen LogP contribution in [0.4, 0.5) is 11.6 Å². The van der Waals surface area contributed by atoms with E-state index in [9.17, 15) is 0 Å². The monoisotopic (exact) mass is 362 g/mol. The molecule has 140 valence electrons. The van der Waals surface area contributed by atoms with Crippen LogP contribution in [0, 0.1) is 6.92 Å². The number of hydrogen-bond acceptors (Lipinski definition) is 5. The largest absolute Gasteiger partial charge is 0.337 e. The van der Waals surface area contributed by atoms with Crippen LogP contribution in [0.2, 0.25) is 0 Å². The first-order valence-corrected chi connectivity index (χ1v) is 9.52. The normalized spacial score (nSPS) is 17.8. The van der Waals surface area contributed by atoms with Crippen molar-refractivity contribution in [2.24, 2.45) is 7.05 Å². The van der Waals surface area contributed by atoms with Crippen LogP contribution in [-0.2, 0) is 13.6 Å². The first-order chi connectivity index (χ1) is 13.2. The van der Waals surface area contributed by atoms with Crippen molar-refractivity contribution in [3.05, 3.63) is 66.0 Å². The number of hydrogen-bond donors (Lipinski definition) is 1. The van der Waals surface area contributed by atoms with Crippen molar-refractivity contribution in [3.63, 3.8) is 0 Å². The Kier molecular flexibility index (Phi) is 5.16. The summed E-state index contributed by atoms with van der Waals surface area (Å²) < 4.78 is 2.10. The summed E-state index contributed by atoms with van der Waals surface area (Å²) in [6.07, 6.45) is 10.0. The Hall–Kier alpha value is -2.73. The van der Waals surface area contributed by atoms with Gasteiger partial charge in [-0.1, -0.05) is 6.07 Å². The smallest absolute Gasteiger partial charge is 0.134 e. The van der Waals surface area contributed by atoms with Crippen LogP contribution in [0.25, 0.3) is 0 Å². The second-order valence-electron chi connectivity index (χ2n) is 7.30. The Morgan fingerprint density at radius 2 is 2.07 bits per heavy atom. The van der Waals surface area contributed by atoms with Gasteiger partial charge in [-0.2, -0.15) is 0 Å². The van der Waals surface area contributed by atoms with Gasteiger partial charge in [-0.05, 0) is 61.6 Å². The molecule has 0 radical (unpaired) electrons. The predicted octanol–water partition coefficient (Wildman–Crippen LogP) is 3.64. The summed E-state index contributed by atoms with van der Waals surface area (Å²) in [5, 5.41) is 3.36. The van der Waals surface area contributed by atoms with Crippen molar-refractivity contribution >= 4 is 11.6 Å². The Morgan fingerprint density at radius 1 is 1.15 bits per heavy atom. The minimum atomic E-state index is 0.521. The van der Waals surface area contributed by atoms with E-state index in [1.165, 1.54) is 18.4 Å². The van der Waals surface area contributed by atoms with Gasteiger partial charge in [0.25, 0.3) is 0 Å². The van der Waals surface area contributed by atoms with E-state index in [0.717, 1.165) is 42.7 Å². The average molecular weight is 362 g/mol. The van der Waals surface area contributed by atoms with E-state index in [0.29, 0.717) is 5.92 Å². The van der Waals surface area contributed by atoms with Gasteiger partial charge in [0.05, 0.1) is 6.54 Å². The second-order valence-corrected chi connectivity index (χ2v) is 7.30. The standard InChI is InChI=1S/C21H26N6/c1-16-5-3-8-24-21(16)25-19-13-17(7-9-22-19)18-6-4-11-27(14-18)15-20-23-10-12-26(20)2/h3,5,7-10,12-13,18H,4,6,11,14-15H2,1-2H3,(H,22,24,25). The maximum atomic E-state index is 4.48. The van der Waals surface area contributed by atoms with Gasteiger partial charge in [0.15, 0.2) is 0 Å². The molecule has 0 aromatic carbocycles. The highest BCUT2D eigenvalue weighted by Crippen LogP contribution is 2.29. The van der Waals surface area contributed by atoms with E-state index in [2.05, 4.69) is 61.9 Å². The maximum absolute atomic E-state index is 4.48. The van der Waals surface area contributed by atoms with Crippen LogP contribution < -0.4 is 5.32 Å². The number of nitrogens with zero attached hydrogens (tertiary/aromatic N) is 5. The summed E-state index contributed by atoms with van der Waals surface area (Å²) in [5.41, 5.74) is 2.45. The van der Waals surface area contributed by atoms with Gasteiger partial charge in [0.1, 0.15) is 17.5 Å². The zero-order valence-corrected chi connectivity index (χ0v) is 16.0. The highest BCUT2D eigenvalue weighted by Gasteiger charge is 2.22. The molecule has 1 unspecified atom stereocenters. The molecule has 0 aliphatic carbocycles. The van der Waals surface area contributed by atoms with Crippen LogP contribution in [0.5, 0.6) is 0 Å². The quantitative estimate of drug-likeness (QED) is 0.751. The van der Waals surface area contributed by atoms with Crippen LogP contribution in [0.15, 0.2) is 49.1 Å². The van der Waals surface area contributed by atoms with E-state index >= 15 is 0 Å². The molecule has 4 heterocycles. The third kappa shape index (κ3) is 4.17. The third-order valence-electron chi connectivity index (χ3n) is 5.30. The average Bonchev–Trinajstić information content (AvgIpc) is 3.09. The van der Waals surface area contributed by atoms with E-state index in [-0.39, 0.29) is 0 Å². The number of anilines is 2.